The van der Waals surface area contributed by atoms with Gasteiger partial charge < -0.3 is 15.3 Å². The molecule has 7 atom stereocenters. The molecule has 4 nitrogen and oxygen atoms in total. The smallest absolute Gasteiger partial charge is 0.141 e. The minimum absolute atomic E-state index is 0.256. The zero-order chi connectivity index (χ0) is 25.2. The van der Waals surface area contributed by atoms with E-state index in [1.165, 1.54) is 36.8 Å². The van der Waals surface area contributed by atoms with Gasteiger partial charge in [-0.1, -0.05) is 62.6 Å². The van der Waals surface area contributed by atoms with E-state index in [0.717, 1.165) is 32.1 Å². The number of unbranched alkanes of at least 4 members (excludes halogenated alkanes) is 1. The Morgan fingerprint density at radius 3 is 2.46 bits per heavy atom. The summed E-state index contributed by atoms with van der Waals surface area (Å²) in [5.74, 6) is 1.80. The van der Waals surface area contributed by atoms with E-state index in [-0.39, 0.29) is 11.2 Å². The Balaban J connectivity index is 1.41. The number of carbonyl (C=O) groups is 1. The lowest BCUT2D eigenvalue weighted by molar-refractivity contribution is -0.127. The molecule has 0 bridgehead atoms. The molecule has 4 saturated carbocycles. The van der Waals surface area contributed by atoms with Gasteiger partial charge in [-0.05, 0) is 93.8 Å². The van der Waals surface area contributed by atoms with Crippen molar-refractivity contribution < 1.29 is 20.1 Å². The monoisotopic (exact) mass is 484 g/mol. The van der Waals surface area contributed by atoms with E-state index in [9.17, 15) is 20.1 Å². The van der Waals surface area contributed by atoms with Crippen molar-refractivity contribution in [1.29, 1.82) is 0 Å². The van der Waals surface area contributed by atoms with Crippen LogP contribution in [0.2, 0.25) is 0 Å². The Hall–Kier alpha value is -1.23. The van der Waals surface area contributed by atoms with Gasteiger partial charge in [0.2, 0.25) is 0 Å². The highest BCUT2D eigenvalue weighted by Gasteiger charge is 2.54. The van der Waals surface area contributed by atoms with Crippen LogP contribution >= 0.6 is 0 Å². The van der Waals surface area contributed by atoms with Crippen LogP contribution < -0.4 is 0 Å². The second-order valence-corrected chi connectivity index (χ2v) is 12.5. The molecule has 0 aromatic heterocycles. The summed E-state index contributed by atoms with van der Waals surface area (Å²) in [6.45, 7) is 6.87. The van der Waals surface area contributed by atoms with Gasteiger partial charge >= 0.3 is 0 Å². The highest BCUT2D eigenvalue weighted by molar-refractivity contribution is 5.88. The SMILES string of the molecule is CCCCC(=O)C1([C@H](O)C=C[C@@H](C)[C@H]2CC[C@H]3C(=CC=C4C[C@@H](O)C[C@H](O)C4)CCC[C@]23C)CC1. The molecule has 4 aliphatic rings. The Morgan fingerprint density at radius 1 is 1.09 bits per heavy atom. The average molecular weight is 485 g/mol. The predicted octanol–water partition coefficient (Wildman–Crippen LogP) is 6.05. The standard InChI is InChI=1S/C31H48O4/c1-4-5-8-28(34)31(16-17-31)29(35)14-9-21(2)26-12-13-27-23(7-6-15-30(26,27)3)11-10-22-18-24(32)20-25(33)19-22/h9-11,14,21,24-27,29,32-33,35H,4-8,12-13,15-20H2,1-3H3/t21-,24-,25-,26-,27+,29-,30-/m1/s1. The topological polar surface area (TPSA) is 77.8 Å². The first-order valence-corrected chi connectivity index (χ1v) is 14.3. The van der Waals surface area contributed by atoms with E-state index in [1.54, 1.807) is 0 Å². The quantitative estimate of drug-likeness (QED) is 0.348. The molecule has 0 spiro atoms. The largest absolute Gasteiger partial charge is 0.393 e. The highest BCUT2D eigenvalue weighted by atomic mass is 16.3. The van der Waals surface area contributed by atoms with Crippen LogP contribution in [0.15, 0.2) is 35.5 Å². The van der Waals surface area contributed by atoms with E-state index in [2.05, 4.69) is 39.0 Å². The first kappa shape index (κ1) is 26.8. The van der Waals surface area contributed by atoms with Gasteiger partial charge in [-0.15, -0.1) is 0 Å². The lowest BCUT2D eigenvalue weighted by Crippen LogP contribution is -2.35. The molecule has 0 aromatic rings. The number of ketones is 1. The van der Waals surface area contributed by atoms with Crippen molar-refractivity contribution in [1.82, 2.24) is 0 Å². The van der Waals surface area contributed by atoms with Crippen molar-refractivity contribution in [2.45, 2.75) is 123 Å². The summed E-state index contributed by atoms with van der Waals surface area (Å²) in [5, 5.41) is 31.0. The highest BCUT2D eigenvalue weighted by Crippen LogP contribution is 2.59. The van der Waals surface area contributed by atoms with Gasteiger partial charge in [0.15, 0.2) is 0 Å². The Morgan fingerprint density at radius 2 is 1.80 bits per heavy atom. The molecule has 0 aliphatic heterocycles. The molecule has 35 heavy (non-hydrogen) atoms. The molecule has 4 heteroatoms. The van der Waals surface area contributed by atoms with Crippen LogP contribution in [-0.2, 0) is 4.79 Å². The molecular formula is C31H48O4. The molecule has 4 fully saturated rings. The second-order valence-electron chi connectivity index (χ2n) is 12.5. The van der Waals surface area contributed by atoms with Crippen molar-refractivity contribution in [3.05, 3.63) is 35.5 Å². The van der Waals surface area contributed by atoms with Crippen molar-refractivity contribution in [3.63, 3.8) is 0 Å². The normalized spacial score (nSPS) is 37.3. The number of fused-ring (bicyclic) bond motifs is 1. The first-order valence-electron chi connectivity index (χ1n) is 14.3. The van der Waals surface area contributed by atoms with Crippen LogP contribution in [0.3, 0.4) is 0 Å². The number of hydrogen-bond donors (Lipinski definition) is 3. The van der Waals surface area contributed by atoms with Gasteiger partial charge in [-0.25, -0.2) is 0 Å². The fourth-order valence-electron chi connectivity index (χ4n) is 7.73. The summed E-state index contributed by atoms with van der Waals surface area (Å²) in [4.78, 5) is 12.7. The number of rotatable bonds is 9. The maximum atomic E-state index is 12.7. The predicted molar refractivity (Wildman–Crippen MR) is 141 cm³/mol. The van der Waals surface area contributed by atoms with Crippen LogP contribution in [0.1, 0.15) is 104 Å². The molecule has 4 rings (SSSR count). The summed E-state index contributed by atoms with van der Waals surface area (Å²) in [5.41, 5.74) is 2.47. The zero-order valence-corrected chi connectivity index (χ0v) is 22.2. The summed E-state index contributed by atoms with van der Waals surface area (Å²) in [6, 6.07) is 0. The fraction of sp³-hybridized carbons (Fsp3) is 0.774. The van der Waals surface area contributed by atoms with Crippen molar-refractivity contribution in [2.24, 2.45) is 28.6 Å². The Kier molecular flexibility index (Phi) is 8.45. The summed E-state index contributed by atoms with van der Waals surface area (Å²) in [6.07, 6.45) is 19.2. The van der Waals surface area contributed by atoms with Gasteiger partial charge in [0.05, 0.1) is 23.7 Å². The third-order valence-electron chi connectivity index (χ3n) is 10.0. The number of carbonyl (C=O) groups excluding carboxylic acids is 1. The zero-order valence-electron chi connectivity index (χ0n) is 22.2. The third-order valence-corrected chi connectivity index (χ3v) is 10.0. The minimum atomic E-state index is -0.644. The van der Waals surface area contributed by atoms with E-state index in [0.29, 0.717) is 43.4 Å². The van der Waals surface area contributed by atoms with E-state index >= 15 is 0 Å². The minimum Gasteiger partial charge on any atom is -0.393 e. The van der Waals surface area contributed by atoms with Crippen molar-refractivity contribution in [3.8, 4) is 0 Å². The van der Waals surface area contributed by atoms with Crippen LogP contribution in [0.4, 0.5) is 0 Å². The molecule has 0 aromatic carbocycles. The lowest BCUT2D eigenvalue weighted by Gasteiger charge is -2.44. The fourth-order valence-corrected chi connectivity index (χ4v) is 7.73. The molecule has 3 N–H and O–H groups in total. The number of aliphatic hydroxyl groups excluding tert-OH is 3. The van der Waals surface area contributed by atoms with E-state index in [1.807, 2.05) is 6.08 Å². The van der Waals surface area contributed by atoms with Crippen molar-refractivity contribution in [2.75, 3.05) is 0 Å². The Labute approximate surface area is 212 Å². The van der Waals surface area contributed by atoms with E-state index in [4.69, 9.17) is 0 Å². The maximum Gasteiger partial charge on any atom is 0.141 e. The maximum absolute atomic E-state index is 12.7. The van der Waals surface area contributed by atoms with Gasteiger partial charge in [0.25, 0.3) is 0 Å². The molecule has 0 heterocycles. The molecular weight excluding hydrogens is 436 g/mol. The Bertz CT molecular complexity index is 838. The lowest BCUT2D eigenvalue weighted by atomic mass is 9.61. The first-order chi connectivity index (χ1) is 16.7. The number of allylic oxidation sites excluding steroid dienone is 4. The molecule has 0 radical (unpaired) electrons. The molecule has 196 valence electrons. The summed E-state index contributed by atoms with van der Waals surface area (Å²) < 4.78 is 0. The third kappa shape index (κ3) is 5.70. The van der Waals surface area contributed by atoms with Gasteiger partial charge in [0, 0.05) is 6.42 Å². The number of Topliss-reactive ketones (excluding diaryl/α,β-unsaturated/α-hetero) is 1. The van der Waals surface area contributed by atoms with Crippen LogP contribution in [0.25, 0.3) is 0 Å². The van der Waals surface area contributed by atoms with Crippen LogP contribution in [0.5, 0.6) is 0 Å². The summed E-state index contributed by atoms with van der Waals surface area (Å²) in [7, 11) is 0. The average Bonchev–Trinajstić information content (AvgIpc) is 3.55. The molecule has 0 saturated heterocycles. The number of aliphatic hydroxyl groups is 3. The molecule has 0 amide bonds. The molecule has 4 aliphatic carbocycles. The van der Waals surface area contributed by atoms with Crippen molar-refractivity contribution >= 4 is 5.78 Å². The number of hydrogen-bond acceptors (Lipinski definition) is 4. The van der Waals surface area contributed by atoms with Gasteiger partial charge in [-0.3, -0.25) is 4.79 Å². The second kappa shape index (κ2) is 11.0. The van der Waals surface area contributed by atoms with E-state index < -0.39 is 23.7 Å². The van der Waals surface area contributed by atoms with Crippen LogP contribution in [-0.4, -0.2) is 39.4 Å². The molecule has 0 unspecified atom stereocenters. The van der Waals surface area contributed by atoms with Gasteiger partial charge in [-0.2, -0.15) is 0 Å². The van der Waals surface area contributed by atoms with Crippen LogP contribution in [0, 0.1) is 28.6 Å². The summed E-state index contributed by atoms with van der Waals surface area (Å²) >= 11 is 0. The van der Waals surface area contributed by atoms with Gasteiger partial charge in [0.1, 0.15) is 5.78 Å².